The lowest BCUT2D eigenvalue weighted by Gasteiger charge is -2.46. The number of pyridine rings is 2. The predicted octanol–water partition coefficient (Wildman–Crippen LogP) is 5.90. The lowest BCUT2D eigenvalue weighted by molar-refractivity contribution is 0.0938. The zero-order valence-corrected chi connectivity index (χ0v) is 19.7. The number of fused-ring (bicyclic) bond motifs is 1. The average Bonchev–Trinajstić information content (AvgIpc) is 2.76. The first-order valence-electron chi connectivity index (χ1n) is 11.7. The molecule has 4 heteroatoms. The predicted molar refractivity (Wildman–Crippen MR) is 131 cm³/mol. The fourth-order valence-corrected chi connectivity index (χ4v) is 5.18. The van der Waals surface area contributed by atoms with Gasteiger partial charge in [-0.2, -0.15) is 0 Å². The Morgan fingerprint density at radius 1 is 0.871 bits per heavy atom. The van der Waals surface area contributed by atoms with Gasteiger partial charge in [0.15, 0.2) is 0 Å². The Morgan fingerprint density at radius 3 is 2.32 bits per heavy atom. The number of nitrogens with zero attached hydrogens (tertiary/aromatic N) is 4. The van der Waals surface area contributed by atoms with Crippen molar-refractivity contribution in [3.05, 3.63) is 65.6 Å². The van der Waals surface area contributed by atoms with E-state index in [1.807, 2.05) is 0 Å². The number of rotatable bonds is 6. The van der Waals surface area contributed by atoms with Crippen LogP contribution in [0.4, 0.5) is 5.69 Å². The third-order valence-electron chi connectivity index (χ3n) is 6.79. The van der Waals surface area contributed by atoms with E-state index in [2.05, 4.69) is 93.1 Å². The Hall–Kier alpha value is -2.46. The van der Waals surface area contributed by atoms with Gasteiger partial charge in [-0.1, -0.05) is 37.1 Å². The van der Waals surface area contributed by atoms with Gasteiger partial charge < -0.3 is 4.90 Å². The van der Waals surface area contributed by atoms with Gasteiger partial charge in [0.05, 0.1) is 16.9 Å². The van der Waals surface area contributed by atoms with Crippen LogP contribution in [-0.2, 0) is 6.54 Å². The molecule has 0 bridgehead atoms. The van der Waals surface area contributed by atoms with Crippen molar-refractivity contribution in [3.8, 4) is 0 Å². The molecule has 1 aliphatic rings. The molecule has 1 fully saturated rings. The highest BCUT2D eigenvalue weighted by atomic mass is 15.3. The second-order valence-electron chi connectivity index (χ2n) is 9.37. The van der Waals surface area contributed by atoms with Crippen molar-refractivity contribution in [2.45, 2.75) is 78.0 Å². The molecule has 4 rings (SSSR count). The van der Waals surface area contributed by atoms with Crippen molar-refractivity contribution in [1.82, 2.24) is 14.9 Å². The second-order valence-corrected chi connectivity index (χ2v) is 9.37. The van der Waals surface area contributed by atoms with E-state index < -0.39 is 0 Å². The Morgan fingerprint density at radius 2 is 1.58 bits per heavy atom. The molecular weight excluding hydrogens is 380 g/mol. The number of para-hydroxylation sites is 1. The number of hydrogen-bond acceptors (Lipinski definition) is 4. The van der Waals surface area contributed by atoms with E-state index in [0.29, 0.717) is 18.1 Å². The molecule has 1 aliphatic carbocycles. The average molecular weight is 417 g/mol. The minimum absolute atomic E-state index is 0.467. The molecule has 0 saturated heterocycles. The van der Waals surface area contributed by atoms with Crippen molar-refractivity contribution >= 4 is 16.6 Å². The topological polar surface area (TPSA) is 32.3 Å². The molecule has 0 radical (unpaired) electrons. The van der Waals surface area contributed by atoms with Gasteiger partial charge in [-0.3, -0.25) is 14.9 Å². The van der Waals surface area contributed by atoms with Crippen LogP contribution in [0.5, 0.6) is 0 Å². The van der Waals surface area contributed by atoms with Crippen LogP contribution in [0, 0.1) is 13.8 Å². The summed E-state index contributed by atoms with van der Waals surface area (Å²) in [5, 5.41) is 1.21. The van der Waals surface area contributed by atoms with E-state index in [0.717, 1.165) is 23.4 Å². The van der Waals surface area contributed by atoms with Gasteiger partial charge >= 0.3 is 0 Å². The first-order chi connectivity index (χ1) is 14.9. The van der Waals surface area contributed by atoms with Crippen LogP contribution >= 0.6 is 0 Å². The lowest BCUT2D eigenvalue weighted by Crippen LogP contribution is -2.54. The molecule has 0 amide bonds. The number of benzene rings is 1. The Labute approximate surface area is 187 Å². The second kappa shape index (κ2) is 9.35. The number of hydrogen-bond donors (Lipinski definition) is 0. The molecule has 0 spiro atoms. The van der Waals surface area contributed by atoms with Gasteiger partial charge in [-0.05, 0) is 64.8 Å². The van der Waals surface area contributed by atoms with Gasteiger partial charge in [0.2, 0.25) is 0 Å². The minimum Gasteiger partial charge on any atom is -0.368 e. The van der Waals surface area contributed by atoms with Crippen LogP contribution in [0.3, 0.4) is 0 Å². The summed E-state index contributed by atoms with van der Waals surface area (Å²) >= 11 is 0. The number of likely N-dealkylation sites (N-methyl/N-ethyl adjacent to an activating group) is 1. The van der Waals surface area contributed by atoms with Gasteiger partial charge in [0.25, 0.3) is 0 Å². The lowest BCUT2D eigenvalue weighted by atomic mass is 9.87. The fraction of sp³-hybridized carbons (Fsp3) is 0.481. The SMILES string of the molecule is Cc1cccc(CN(C(C)C)C2CCCCC2N(C)c2cccc3ccc(C)nc23)n1. The highest BCUT2D eigenvalue weighted by molar-refractivity contribution is 5.91. The molecule has 2 unspecified atom stereocenters. The molecule has 3 aromatic rings. The summed E-state index contributed by atoms with van der Waals surface area (Å²) in [5.41, 5.74) is 5.70. The summed E-state index contributed by atoms with van der Waals surface area (Å²) in [6.45, 7) is 9.71. The van der Waals surface area contributed by atoms with Crippen molar-refractivity contribution in [2.24, 2.45) is 0 Å². The summed E-state index contributed by atoms with van der Waals surface area (Å²) in [5.74, 6) is 0. The van der Waals surface area contributed by atoms with Crippen LogP contribution in [0.15, 0.2) is 48.5 Å². The summed E-state index contributed by atoms with van der Waals surface area (Å²) in [7, 11) is 2.27. The zero-order chi connectivity index (χ0) is 22.0. The standard InChI is InChI=1S/C27H36N4/c1-19(2)31(18-23-12-8-10-20(3)28-23)25-14-7-6-13-24(25)30(5)26-15-9-11-22-17-16-21(4)29-27(22)26/h8-12,15-17,19,24-25H,6-7,13-14,18H2,1-5H3. The molecule has 164 valence electrons. The third kappa shape index (κ3) is 4.74. The van der Waals surface area contributed by atoms with Gasteiger partial charge in [-0.25, -0.2) is 0 Å². The van der Waals surface area contributed by atoms with E-state index >= 15 is 0 Å². The van der Waals surface area contributed by atoms with E-state index in [1.165, 1.54) is 42.5 Å². The maximum atomic E-state index is 4.91. The molecule has 4 nitrogen and oxygen atoms in total. The summed E-state index contributed by atoms with van der Waals surface area (Å²) in [6.07, 6.45) is 5.04. The quantitative estimate of drug-likeness (QED) is 0.500. The monoisotopic (exact) mass is 416 g/mol. The first kappa shape index (κ1) is 21.8. The number of anilines is 1. The van der Waals surface area contributed by atoms with E-state index in [1.54, 1.807) is 0 Å². The fourth-order valence-electron chi connectivity index (χ4n) is 5.18. The van der Waals surface area contributed by atoms with Crippen LogP contribution in [0.1, 0.15) is 56.6 Å². The molecular formula is C27H36N4. The van der Waals surface area contributed by atoms with Gasteiger partial charge in [-0.15, -0.1) is 0 Å². The summed E-state index contributed by atoms with van der Waals surface area (Å²) in [4.78, 5) is 14.9. The zero-order valence-electron chi connectivity index (χ0n) is 19.7. The maximum absolute atomic E-state index is 4.91. The van der Waals surface area contributed by atoms with Gasteiger partial charge in [0, 0.05) is 48.5 Å². The smallest absolute Gasteiger partial charge is 0.0938 e. The maximum Gasteiger partial charge on any atom is 0.0938 e. The highest BCUT2D eigenvalue weighted by Gasteiger charge is 2.34. The van der Waals surface area contributed by atoms with Crippen molar-refractivity contribution in [3.63, 3.8) is 0 Å². The molecule has 31 heavy (non-hydrogen) atoms. The van der Waals surface area contributed by atoms with Crippen LogP contribution < -0.4 is 4.90 Å². The Balaban J connectivity index is 1.67. The van der Waals surface area contributed by atoms with E-state index in [-0.39, 0.29) is 0 Å². The normalized spacial score (nSPS) is 19.3. The number of aryl methyl sites for hydroxylation is 2. The molecule has 1 saturated carbocycles. The van der Waals surface area contributed by atoms with Crippen LogP contribution in [-0.4, -0.2) is 40.0 Å². The third-order valence-corrected chi connectivity index (χ3v) is 6.79. The molecule has 1 aromatic carbocycles. The Kier molecular flexibility index (Phi) is 6.57. The van der Waals surface area contributed by atoms with Crippen LogP contribution in [0.25, 0.3) is 10.9 Å². The van der Waals surface area contributed by atoms with Crippen molar-refractivity contribution < 1.29 is 0 Å². The molecule has 0 aliphatic heterocycles. The van der Waals surface area contributed by atoms with Gasteiger partial charge in [0.1, 0.15) is 0 Å². The minimum atomic E-state index is 0.467. The molecule has 2 aromatic heterocycles. The highest BCUT2D eigenvalue weighted by Crippen LogP contribution is 2.34. The molecule has 2 heterocycles. The van der Waals surface area contributed by atoms with E-state index in [9.17, 15) is 0 Å². The molecule has 2 atom stereocenters. The van der Waals surface area contributed by atoms with Crippen molar-refractivity contribution in [1.29, 1.82) is 0 Å². The summed E-state index contributed by atoms with van der Waals surface area (Å²) in [6, 6.07) is 18.7. The first-order valence-corrected chi connectivity index (χ1v) is 11.7. The largest absolute Gasteiger partial charge is 0.368 e. The van der Waals surface area contributed by atoms with E-state index in [4.69, 9.17) is 9.97 Å². The van der Waals surface area contributed by atoms with Crippen LogP contribution in [0.2, 0.25) is 0 Å². The Bertz CT molecular complexity index is 1030. The number of aromatic nitrogens is 2. The van der Waals surface area contributed by atoms with Crippen molar-refractivity contribution in [2.75, 3.05) is 11.9 Å². The molecule has 0 N–H and O–H groups in total. The summed E-state index contributed by atoms with van der Waals surface area (Å²) < 4.78 is 0.